The van der Waals surface area contributed by atoms with E-state index in [1.54, 1.807) is 24.3 Å². The first kappa shape index (κ1) is 23.7. The number of aliphatic hydroxyl groups excluding tert-OH is 1. The van der Waals surface area contributed by atoms with Crippen LogP contribution in [0.15, 0.2) is 47.4 Å². The molecule has 0 amide bonds. The summed E-state index contributed by atoms with van der Waals surface area (Å²) in [5.41, 5.74) is 3.66. The molecule has 3 rings (SSSR count). The van der Waals surface area contributed by atoms with Crippen molar-refractivity contribution in [2.45, 2.75) is 45.2 Å². The van der Waals surface area contributed by atoms with Crippen LogP contribution in [0.1, 0.15) is 30.5 Å². The predicted molar refractivity (Wildman–Crippen MR) is 124 cm³/mol. The third kappa shape index (κ3) is 5.86. The lowest BCUT2D eigenvalue weighted by Gasteiger charge is -2.31. The molecule has 0 bridgehead atoms. The van der Waals surface area contributed by atoms with Crippen molar-refractivity contribution in [1.29, 1.82) is 0 Å². The molecule has 1 saturated heterocycles. The first-order valence-corrected chi connectivity index (χ1v) is 12.3. The summed E-state index contributed by atoms with van der Waals surface area (Å²) < 4.78 is 33.9. The smallest absolute Gasteiger partial charge is 0.264 e. The number of aliphatic hydroxyl groups is 1. The highest BCUT2D eigenvalue weighted by Gasteiger charge is 2.27. The maximum Gasteiger partial charge on any atom is 0.264 e. The molecular weight excluding hydrogens is 412 g/mol. The quantitative estimate of drug-likeness (QED) is 0.673. The molecule has 0 saturated carbocycles. The van der Waals surface area contributed by atoms with Gasteiger partial charge in [-0.2, -0.15) is 0 Å². The van der Waals surface area contributed by atoms with Crippen LogP contribution in [-0.2, 0) is 21.2 Å². The van der Waals surface area contributed by atoms with Gasteiger partial charge in [-0.1, -0.05) is 43.7 Å². The van der Waals surface area contributed by atoms with Gasteiger partial charge in [-0.3, -0.25) is 9.21 Å². The van der Waals surface area contributed by atoms with E-state index < -0.39 is 16.3 Å². The Hall–Kier alpha value is -1.93. The average Bonchev–Trinajstić information content (AvgIpc) is 2.73. The first-order valence-electron chi connectivity index (χ1n) is 10.9. The Morgan fingerprint density at radius 1 is 1.06 bits per heavy atom. The van der Waals surface area contributed by atoms with E-state index in [2.05, 4.69) is 0 Å². The molecule has 6 nitrogen and oxygen atoms in total. The van der Waals surface area contributed by atoms with Crippen molar-refractivity contribution in [3.8, 4) is 0 Å². The first-order chi connectivity index (χ1) is 14.7. The third-order valence-electron chi connectivity index (χ3n) is 5.55. The monoisotopic (exact) mass is 446 g/mol. The molecule has 2 aromatic rings. The fraction of sp³-hybridized carbons (Fsp3) is 0.500. The van der Waals surface area contributed by atoms with Crippen LogP contribution in [0.4, 0.5) is 5.69 Å². The molecule has 2 aromatic carbocycles. The van der Waals surface area contributed by atoms with E-state index in [4.69, 9.17) is 4.74 Å². The molecule has 0 spiro atoms. The molecule has 1 unspecified atom stereocenters. The molecule has 7 heteroatoms. The van der Waals surface area contributed by atoms with Gasteiger partial charge >= 0.3 is 0 Å². The number of rotatable bonds is 8. The number of anilines is 1. The summed E-state index contributed by atoms with van der Waals surface area (Å²) >= 11 is 0. The Bertz CT molecular complexity index is 968. The van der Waals surface area contributed by atoms with E-state index in [-0.39, 0.29) is 10.8 Å². The molecule has 0 aliphatic carbocycles. The number of morpholine rings is 1. The van der Waals surface area contributed by atoms with E-state index in [1.165, 1.54) is 4.31 Å². The number of ether oxygens (including phenoxy) is 1. The summed E-state index contributed by atoms with van der Waals surface area (Å²) in [6, 6.07) is 12.7. The third-order valence-corrected chi connectivity index (χ3v) is 7.34. The van der Waals surface area contributed by atoms with Gasteiger partial charge in [-0.25, -0.2) is 8.42 Å². The van der Waals surface area contributed by atoms with E-state index in [0.29, 0.717) is 45.0 Å². The minimum absolute atomic E-state index is 0.179. The van der Waals surface area contributed by atoms with Gasteiger partial charge in [0.1, 0.15) is 6.23 Å². The number of hydrogen-bond acceptors (Lipinski definition) is 5. The number of benzene rings is 2. The van der Waals surface area contributed by atoms with Crippen LogP contribution in [0.2, 0.25) is 0 Å². The Kier molecular flexibility index (Phi) is 7.75. The molecule has 1 N–H and O–H groups in total. The summed E-state index contributed by atoms with van der Waals surface area (Å²) in [5.74, 6) is 0.179. The second kappa shape index (κ2) is 10.1. The summed E-state index contributed by atoms with van der Waals surface area (Å²) in [6.45, 7) is 11.0. The zero-order chi connectivity index (χ0) is 22.6. The Morgan fingerprint density at radius 2 is 1.71 bits per heavy atom. The van der Waals surface area contributed by atoms with Crippen LogP contribution < -0.4 is 4.31 Å². The topological polar surface area (TPSA) is 70.1 Å². The average molecular weight is 447 g/mol. The standard InChI is InChI=1S/C24H34N2O4S/c1-18(2)17-26(23-10-5-19(3)15-20(23)4)31(28,29)22-8-6-21(7-9-22)16-24(27)25-11-13-30-14-12-25/h5-10,15,18,24,27H,11-14,16-17H2,1-4H3. The fourth-order valence-electron chi connectivity index (χ4n) is 3.88. The largest absolute Gasteiger partial charge is 0.379 e. The lowest BCUT2D eigenvalue weighted by molar-refractivity contribution is -0.0575. The lowest BCUT2D eigenvalue weighted by Crippen LogP contribution is -2.44. The Balaban J connectivity index is 1.82. The molecule has 1 heterocycles. The number of hydrogen-bond donors (Lipinski definition) is 1. The second-order valence-corrected chi connectivity index (χ2v) is 10.6. The molecule has 1 aliphatic rings. The molecule has 31 heavy (non-hydrogen) atoms. The molecule has 1 aliphatic heterocycles. The van der Waals surface area contributed by atoms with E-state index in [1.807, 2.05) is 50.8 Å². The van der Waals surface area contributed by atoms with Crippen molar-refractivity contribution >= 4 is 15.7 Å². The van der Waals surface area contributed by atoms with E-state index >= 15 is 0 Å². The highest BCUT2D eigenvalue weighted by atomic mass is 32.2. The van der Waals surface area contributed by atoms with Gasteiger partial charge in [0, 0.05) is 26.1 Å². The lowest BCUT2D eigenvalue weighted by atomic mass is 10.1. The molecule has 0 radical (unpaired) electrons. The molecule has 1 atom stereocenters. The van der Waals surface area contributed by atoms with E-state index in [9.17, 15) is 13.5 Å². The van der Waals surface area contributed by atoms with Gasteiger partial charge < -0.3 is 9.84 Å². The SMILES string of the molecule is Cc1ccc(N(CC(C)C)S(=O)(=O)c2ccc(CC(O)N3CCOCC3)cc2)c(C)c1. The summed E-state index contributed by atoms with van der Waals surface area (Å²) in [7, 11) is -3.71. The van der Waals surface area contributed by atoms with E-state index in [0.717, 1.165) is 16.7 Å². The zero-order valence-electron chi connectivity index (χ0n) is 18.9. The highest BCUT2D eigenvalue weighted by Crippen LogP contribution is 2.29. The predicted octanol–water partition coefficient (Wildman–Crippen LogP) is 3.35. The normalized spacial score (nSPS) is 16.5. The van der Waals surface area contributed by atoms with Crippen molar-refractivity contribution in [3.05, 3.63) is 59.2 Å². The van der Waals surface area contributed by atoms with Crippen molar-refractivity contribution < 1.29 is 18.3 Å². The molecule has 1 fully saturated rings. The number of aryl methyl sites for hydroxylation is 2. The van der Waals surface area contributed by atoms with Gasteiger partial charge in [-0.05, 0) is 49.1 Å². The van der Waals surface area contributed by atoms with Crippen molar-refractivity contribution in [2.24, 2.45) is 5.92 Å². The van der Waals surface area contributed by atoms with Crippen LogP contribution in [0.3, 0.4) is 0 Å². The maximum atomic E-state index is 13.5. The van der Waals surface area contributed by atoms with Crippen molar-refractivity contribution in [1.82, 2.24) is 4.90 Å². The molecular formula is C24H34N2O4S. The van der Waals surface area contributed by atoms with Crippen LogP contribution in [-0.4, -0.2) is 57.5 Å². The second-order valence-electron chi connectivity index (χ2n) is 8.70. The van der Waals surface area contributed by atoms with Crippen molar-refractivity contribution in [2.75, 3.05) is 37.2 Å². The van der Waals surface area contributed by atoms with Crippen molar-refractivity contribution in [3.63, 3.8) is 0 Å². The zero-order valence-corrected chi connectivity index (χ0v) is 19.7. The molecule has 0 aromatic heterocycles. The minimum atomic E-state index is -3.71. The summed E-state index contributed by atoms with van der Waals surface area (Å²) in [6.07, 6.45) is -0.147. The fourth-order valence-corrected chi connectivity index (χ4v) is 5.58. The Labute approximate surface area is 186 Å². The highest BCUT2D eigenvalue weighted by molar-refractivity contribution is 7.92. The number of sulfonamides is 1. The van der Waals surface area contributed by atoms with Gasteiger partial charge in [-0.15, -0.1) is 0 Å². The number of nitrogens with zero attached hydrogens (tertiary/aromatic N) is 2. The van der Waals surface area contributed by atoms with Crippen LogP contribution in [0.5, 0.6) is 0 Å². The maximum absolute atomic E-state index is 13.5. The molecule has 170 valence electrons. The van der Waals surface area contributed by atoms with Gasteiger partial charge in [0.15, 0.2) is 0 Å². The van der Waals surface area contributed by atoms with Gasteiger partial charge in [0.25, 0.3) is 10.0 Å². The summed E-state index contributed by atoms with van der Waals surface area (Å²) in [4.78, 5) is 2.25. The van der Waals surface area contributed by atoms with Crippen LogP contribution in [0, 0.1) is 19.8 Å². The Morgan fingerprint density at radius 3 is 2.29 bits per heavy atom. The summed E-state index contributed by atoms with van der Waals surface area (Å²) in [5, 5.41) is 10.5. The van der Waals surface area contributed by atoms with Gasteiger partial charge in [0.05, 0.1) is 23.8 Å². The van der Waals surface area contributed by atoms with Crippen LogP contribution in [0.25, 0.3) is 0 Å². The minimum Gasteiger partial charge on any atom is -0.379 e. The van der Waals surface area contributed by atoms with Gasteiger partial charge in [0.2, 0.25) is 0 Å². The van der Waals surface area contributed by atoms with Crippen LogP contribution >= 0.6 is 0 Å².